The quantitative estimate of drug-likeness (QED) is 0.557. The molecular formula is C19H32N4O6S. The van der Waals surface area contributed by atoms with Gasteiger partial charge in [0.05, 0.1) is 6.54 Å². The summed E-state index contributed by atoms with van der Waals surface area (Å²) in [5.74, 6) is -1.73. The monoisotopic (exact) mass is 444 g/mol. The van der Waals surface area contributed by atoms with Gasteiger partial charge in [0.1, 0.15) is 10.6 Å². The van der Waals surface area contributed by atoms with Crippen LogP contribution in [0.25, 0.3) is 0 Å². The standard InChI is InChI=1S/C19H32N4O6S/c1-8-23(9-2)30(27,28)14-10-15(21(6)11-14)18(26)29-13-17(25)22(7)12-16(24)20-19(3,4)5/h10-11H,8-9,12-13H2,1-7H3,(H,20,24). The van der Waals surface area contributed by atoms with E-state index in [0.717, 1.165) is 4.90 Å². The number of nitrogens with zero attached hydrogens (tertiary/aromatic N) is 3. The summed E-state index contributed by atoms with van der Waals surface area (Å²) in [6.45, 7) is 8.78. The van der Waals surface area contributed by atoms with Gasteiger partial charge in [-0.15, -0.1) is 0 Å². The van der Waals surface area contributed by atoms with E-state index in [0.29, 0.717) is 13.1 Å². The van der Waals surface area contributed by atoms with Gasteiger partial charge in [-0.25, -0.2) is 13.2 Å². The van der Waals surface area contributed by atoms with Crippen LogP contribution in [0.15, 0.2) is 17.2 Å². The lowest BCUT2D eigenvalue weighted by molar-refractivity contribution is -0.137. The Morgan fingerprint density at radius 2 is 1.73 bits per heavy atom. The fourth-order valence-electron chi connectivity index (χ4n) is 2.66. The zero-order valence-corrected chi connectivity index (χ0v) is 19.5. The second-order valence-corrected chi connectivity index (χ2v) is 9.82. The van der Waals surface area contributed by atoms with Crippen molar-refractivity contribution >= 4 is 27.8 Å². The van der Waals surface area contributed by atoms with Crippen molar-refractivity contribution in [3.63, 3.8) is 0 Å². The normalized spacial score (nSPS) is 12.0. The van der Waals surface area contributed by atoms with E-state index >= 15 is 0 Å². The predicted octanol–water partition coefficient (Wildman–Crippen LogP) is 0.586. The van der Waals surface area contributed by atoms with E-state index in [2.05, 4.69) is 5.32 Å². The molecule has 0 aliphatic carbocycles. The number of hydrogen-bond donors (Lipinski definition) is 1. The van der Waals surface area contributed by atoms with Crippen LogP contribution in [0.2, 0.25) is 0 Å². The Balaban J connectivity index is 2.77. The minimum atomic E-state index is -3.72. The lowest BCUT2D eigenvalue weighted by atomic mass is 10.1. The third kappa shape index (κ3) is 6.84. The molecule has 0 saturated carbocycles. The Labute approximate surface area is 178 Å². The van der Waals surface area contributed by atoms with Crippen molar-refractivity contribution in [3.05, 3.63) is 18.0 Å². The first kappa shape index (κ1) is 25.6. The van der Waals surface area contributed by atoms with Crippen LogP contribution < -0.4 is 5.32 Å². The number of likely N-dealkylation sites (N-methyl/N-ethyl adjacent to an activating group) is 1. The van der Waals surface area contributed by atoms with Crippen LogP contribution in [0.4, 0.5) is 0 Å². The summed E-state index contributed by atoms with van der Waals surface area (Å²) in [6, 6.07) is 1.22. The average Bonchev–Trinajstić information content (AvgIpc) is 3.01. The maximum atomic E-state index is 12.6. The van der Waals surface area contributed by atoms with Gasteiger partial charge in [-0.05, 0) is 26.8 Å². The molecule has 0 aromatic carbocycles. The predicted molar refractivity (Wildman–Crippen MR) is 111 cm³/mol. The van der Waals surface area contributed by atoms with Crippen LogP contribution in [0, 0.1) is 0 Å². The SMILES string of the molecule is CCN(CC)S(=O)(=O)c1cc(C(=O)OCC(=O)N(C)CC(=O)NC(C)(C)C)n(C)c1. The topological polar surface area (TPSA) is 118 Å². The maximum absolute atomic E-state index is 12.6. The number of carbonyl (C=O) groups excluding carboxylic acids is 3. The van der Waals surface area contributed by atoms with E-state index in [9.17, 15) is 22.8 Å². The number of aryl methyl sites for hydroxylation is 1. The van der Waals surface area contributed by atoms with E-state index in [1.807, 2.05) is 20.8 Å². The third-order valence-electron chi connectivity index (χ3n) is 4.18. The number of ether oxygens (including phenoxy) is 1. The van der Waals surface area contributed by atoms with Crippen molar-refractivity contribution in [1.29, 1.82) is 0 Å². The molecule has 0 spiro atoms. The van der Waals surface area contributed by atoms with Gasteiger partial charge < -0.3 is 19.5 Å². The molecule has 0 unspecified atom stereocenters. The first-order valence-electron chi connectivity index (χ1n) is 9.61. The Hall–Kier alpha value is -2.40. The fraction of sp³-hybridized carbons (Fsp3) is 0.632. The van der Waals surface area contributed by atoms with Crippen LogP contribution in [-0.2, 0) is 31.4 Å². The molecule has 2 amide bonds. The molecule has 1 heterocycles. The molecule has 0 atom stereocenters. The van der Waals surface area contributed by atoms with Gasteiger partial charge in [0.25, 0.3) is 5.91 Å². The van der Waals surface area contributed by atoms with E-state index in [1.165, 1.54) is 35.2 Å². The zero-order chi connectivity index (χ0) is 23.3. The van der Waals surface area contributed by atoms with Gasteiger partial charge in [0.2, 0.25) is 15.9 Å². The van der Waals surface area contributed by atoms with Crippen LogP contribution in [-0.4, -0.2) is 78.8 Å². The van der Waals surface area contributed by atoms with Gasteiger partial charge in [-0.3, -0.25) is 9.59 Å². The summed E-state index contributed by atoms with van der Waals surface area (Å²) < 4.78 is 32.8. The number of amides is 2. The van der Waals surface area contributed by atoms with Gasteiger partial charge >= 0.3 is 5.97 Å². The Kier molecular flexibility index (Phi) is 8.61. The van der Waals surface area contributed by atoms with Crippen molar-refractivity contribution in [2.45, 2.75) is 45.1 Å². The highest BCUT2D eigenvalue weighted by Crippen LogP contribution is 2.19. The maximum Gasteiger partial charge on any atom is 0.355 e. The van der Waals surface area contributed by atoms with Crippen LogP contribution >= 0.6 is 0 Å². The number of sulfonamides is 1. The fourth-order valence-corrected chi connectivity index (χ4v) is 4.19. The molecule has 1 N–H and O–H groups in total. The third-order valence-corrected chi connectivity index (χ3v) is 6.20. The summed E-state index contributed by atoms with van der Waals surface area (Å²) in [4.78, 5) is 37.5. The Bertz CT molecular complexity index is 881. The molecule has 0 aliphatic rings. The van der Waals surface area contributed by atoms with Gasteiger partial charge in [-0.2, -0.15) is 4.31 Å². The molecule has 170 valence electrons. The summed E-state index contributed by atoms with van der Waals surface area (Å²) in [7, 11) is -0.782. The molecule has 1 aromatic rings. The highest BCUT2D eigenvalue weighted by molar-refractivity contribution is 7.89. The summed E-state index contributed by atoms with van der Waals surface area (Å²) in [6.07, 6.45) is 1.33. The lowest BCUT2D eigenvalue weighted by Gasteiger charge is -2.23. The minimum Gasteiger partial charge on any atom is -0.451 e. The molecule has 0 bridgehead atoms. The van der Waals surface area contributed by atoms with Crippen molar-refractivity contribution < 1.29 is 27.5 Å². The highest BCUT2D eigenvalue weighted by atomic mass is 32.2. The Morgan fingerprint density at radius 3 is 2.23 bits per heavy atom. The molecule has 30 heavy (non-hydrogen) atoms. The molecular weight excluding hydrogens is 412 g/mol. The van der Waals surface area contributed by atoms with E-state index in [1.54, 1.807) is 13.8 Å². The first-order valence-corrected chi connectivity index (χ1v) is 11.1. The molecule has 0 aliphatic heterocycles. The number of esters is 1. The second kappa shape index (κ2) is 10.1. The van der Waals surface area contributed by atoms with Gasteiger partial charge in [0, 0.05) is 38.9 Å². The molecule has 1 rings (SSSR count). The second-order valence-electron chi connectivity index (χ2n) is 7.89. The number of nitrogens with one attached hydrogen (secondary N) is 1. The Morgan fingerprint density at radius 1 is 1.17 bits per heavy atom. The number of hydrogen-bond acceptors (Lipinski definition) is 6. The van der Waals surface area contributed by atoms with Crippen molar-refractivity contribution in [2.75, 3.05) is 33.3 Å². The van der Waals surface area contributed by atoms with Crippen LogP contribution in [0.5, 0.6) is 0 Å². The zero-order valence-electron chi connectivity index (χ0n) is 18.7. The van der Waals surface area contributed by atoms with Crippen LogP contribution in [0.3, 0.4) is 0 Å². The summed E-state index contributed by atoms with van der Waals surface area (Å²) in [5.41, 5.74) is -0.426. The summed E-state index contributed by atoms with van der Waals surface area (Å²) >= 11 is 0. The van der Waals surface area contributed by atoms with E-state index in [-0.39, 0.29) is 23.0 Å². The minimum absolute atomic E-state index is 0.00154. The molecule has 0 fully saturated rings. The molecule has 1 aromatic heterocycles. The smallest absolute Gasteiger partial charge is 0.355 e. The first-order chi connectivity index (χ1) is 13.7. The van der Waals surface area contributed by atoms with Crippen molar-refractivity contribution in [1.82, 2.24) is 19.1 Å². The van der Waals surface area contributed by atoms with Crippen LogP contribution in [0.1, 0.15) is 45.1 Å². The molecule has 0 saturated heterocycles. The average molecular weight is 445 g/mol. The van der Waals surface area contributed by atoms with Crippen molar-refractivity contribution in [2.24, 2.45) is 7.05 Å². The van der Waals surface area contributed by atoms with E-state index in [4.69, 9.17) is 4.74 Å². The lowest BCUT2D eigenvalue weighted by Crippen LogP contribution is -2.46. The summed E-state index contributed by atoms with van der Waals surface area (Å²) in [5, 5.41) is 2.73. The number of aromatic nitrogens is 1. The van der Waals surface area contributed by atoms with Crippen molar-refractivity contribution in [3.8, 4) is 0 Å². The number of rotatable bonds is 9. The van der Waals surface area contributed by atoms with Gasteiger partial charge in [0.15, 0.2) is 6.61 Å². The molecule has 10 nitrogen and oxygen atoms in total. The highest BCUT2D eigenvalue weighted by Gasteiger charge is 2.26. The molecule has 0 radical (unpaired) electrons. The van der Waals surface area contributed by atoms with E-state index < -0.39 is 34.0 Å². The largest absolute Gasteiger partial charge is 0.451 e. The van der Waals surface area contributed by atoms with Gasteiger partial charge in [-0.1, -0.05) is 13.8 Å². The number of carbonyl (C=O) groups is 3. The molecule has 11 heteroatoms.